The summed E-state index contributed by atoms with van der Waals surface area (Å²) in [6.45, 7) is 3.74. The first-order valence-corrected chi connectivity index (χ1v) is 10.2. The van der Waals surface area contributed by atoms with E-state index >= 15 is 0 Å². The molecular weight excluding hydrogens is 411 g/mol. The molecule has 1 N–H and O–H groups in total. The number of alkyl halides is 3. The Morgan fingerprint density at radius 1 is 0.774 bits per heavy atom. The Labute approximate surface area is 178 Å². The summed E-state index contributed by atoms with van der Waals surface area (Å²) in [6.07, 6.45) is -1.45. The number of rotatable bonds is 6. The minimum atomic E-state index is -4.53. The number of hydrogen-bond acceptors (Lipinski definition) is 1. The molecule has 0 fully saturated rings. The highest BCUT2D eigenvalue weighted by atomic mass is 19.4. The van der Waals surface area contributed by atoms with Gasteiger partial charge in [-0.25, -0.2) is 4.39 Å². The molecule has 0 radical (unpaired) electrons. The molecule has 0 spiro atoms. The molecule has 0 unspecified atom stereocenters. The Morgan fingerprint density at radius 3 is 1.84 bits per heavy atom. The van der Waals surface area contributed by atoms with Crippen LogP contribution in [-0.2, 0) is 19.0 Å². The summed E-state index contributed by atoms with van der Waals surface area (Å²) in [4.78, 5) is 0. The number of phenolic OH excluding ortho intramolecular Hbond substituents is 1. The average molecular weight is 434 g/mol. The molecule has 3 aromatic carbocycles. The zero-order chi connectivity index (χ0) is 22.8. The summed E-state index contributed by atoms with van der Waals surface area (Å²) >= 11 is 0. The van der Waals surface area contributed by atoms with Crippen molar-refractivity contribution in [2.45, 2.75) is 45.7 Å². The topological polar surface area (TPSA) is 20.2 Å². The Bertz CT molecular complexity index is 1050. The molecule has 3 aromatic rings. The minimum Gasteiger partial charge on any atom is -0.504 e. The number of unbranched alkanes of at least 4 members (excludes halogenated alkanes) is 1. The summed E-state index contributed by atoms with van der Waals surface area (Å²) in [5.74, 6) is -3.48. The number of benzene rings is 3. The molecule has 0 saturated heterocycles. The van der Waals surface area contributed by atoms with Gasteiger partial charge in [0.2, 0.25) is 5.82 Å². The van der Waals surface area contributed by atoms with Crippen molar-refractivity contribution in [1.29, 1.82) is 0 Å². The molecule has 0 bridgehead atoms. The quantitative estimate of drug-likeness (QED) is 0.391. The normalized spacial score (nSPS) is 11.7. The van der Waals surface area contributed by atoms with Crippen LogP contribution in [0.3, 0.4) is 0 Å². The first kappa shape index (κ1) is 22.8. The number of phenols is 1. The fourth-order valence-electron chi connectivity index (χ4n) is 3.70. The zero-order valence-corrected chi connectivity index (χ0v) is 17.3. The van der Waals surface area contributed by atoms with Gasteiger partial charge in [-0.15, -0.1) is 0 Å². The van der Waals surface area contributed by atoms with Crippen LogP contribution in [0.2, 0.25) is 0 Å². The van der Waals surface area contributed by atoms with Gasteiger partial charge in [0.1, 0.15) is 0 Å². The number of halogens is 5. The monoisotopic (exact) mass is 434 g/mol. The van der Waals surface area contributed by atoms with Gasteiger partial charge in [0.25, 0.3) is 0 Å². The standard InChI is InChI=1S/C25H23F5O/c1-3-5-6-15-7-9-16(10-8-15)20-19(4-2)22(26)23(27)24(31)21(20)17-11-13-18(14-12-17)25(28,29)30/h7-14,31H,3-6H2,1-2H3. The second kappa shape index (κ2) is 9.08. The average Bonchev–Trinajstić information content (AvgIpc) is 2.76. The van der Waals surface area contributed by atoms with Crippen LogP contribution in [0.5, 0.6) is 5.75 Å². The molecule has 0 aliphatic rings. The highest BCUT2D eigenvalue weighted by Crippen LogP contribution is 2.45. The summed E-state index contributed by atoms with van der Waals surface area (Å²) in [5, 5.41) is 10.5. The molecule has 3 rings (SSSR count). The van der Waals surface area contributed by atoms with E-state index in [0.717, 1.165) is 49.1 Å². The lowest BCUT2D eigenvalue weighted by atomic mass is 9.87. The Balaban J connectivity index is 2.22. The maximum absolute atomic E-state index is 14.7. The zero-order valence-electron chi connectivity index (χ0n) is 17.3. The van der Waals surface area contributed by atoms with Gasteiger partial charge in [-0.2, -0.15) is 17.6 Å². The van der Waals surface area contributed by atoms with E-state index < -0.39 is 29.1 Å². The largest absolute Gasteiger partial charge is 0.504 e. The first-order valence-electron chi connectivity index (χ1n) is 10.2. The summed E-state index contributed by atoms with van der Waals surface area (Å²) in [6, 6.07) is 11.4. The highest BCUT2D eigenvalue weighted by molar-refractivity contribution is 5.90. The van der Waals surface area contributed by atoms with E-state index in [1.165, 1.54) is 0 Å². The molecule has 31 heavy (non-hydrogen) atoms. The van der Waals surface area contributed by atoms with E-state index in [4.69, 9.17) is 0 Å². The Kier molecular flexibility index (Phi) is 6.68. The van der Waals surface area contributed by atoms with Gasteiger partial charge in [0.05, 0.1) is 5.56 Å². The van der Waals surface area contributed by atoms with Crippen LogP contribution in [0.25, 0.3) is 22.3 Å². The predicted molar refractivity (Wildman–Crippen MR) is 112 cm³/mol. The highest BCUT2D eigenvalue weighted by Gasteiger charge is 2.31. The Hall–Kier alpha value is -2.89. The lowest BCUT2D eigenvalue weighted by Gasteiger charge is -2.19. The third-order valence-corrected chi connectivity index (χ3v) is 5.37. The van der Waals surface area contributed by atoms with Crippen molar-refractivity contribution < 1.29 is 27.1 Å². The number of aromatic hydroxyl groups is 1. The van der Waals surface area contributed by atoms with Gasteiger partial charge >= 0.3 is 6.18 Å². The van der Waals surface area contributed by atoms with Crippen LogP contribution < -0.4 is 0 Å². The van der Waals surface area contributed by atoms with Crippen molar-refractivity contribution in [3.63, 3.8) is 0 Å². The molecule has 0 saturated carbocycles. The van der Waals surface area contributed by atoms with Crippen molar-refractivity contribution in [3.05, 3.63) is 76.9 Å². The van der Waals surface area contributed by atoms with E-state index in [0.29, 0.717) is 5.56 Å². The third kappa shape index (κ3) is 4.58. The van der Waals surface area contributed by atoms with Gasteiger partial charge in [-0.05, 0) is 59.2 Å². The lowest BCUT2D eigenvalue weighted by Crippen LogP contribution is -2.05. The van der Waals surface area contributed by atoms with E-state index in [9.17, 15) is 27.1 Å². The maximum Gasteiger partial charge on any atom is 0.416 e. The third-order valence-electron chi connectivity index (χ3n) is 5.37. The van der Waals surface area contributed by atoms with Crippen LogP contribution in [0.4, 0.5) is 22.0 Å². The number of hydrogen-bond donors (Lipinski definition) is 1. The van der Waals surface area contributed by atoms with Crippen LogP contribution >= 0.6 is 0 Å². The molecule has 0 aliphatic heterocycles. The van der Waals surface area contributed by atoms with Crippen molar-refractivity contribution in [2.24, 2.45) is 0 Å². The molecule has 0 aliphatic carbocycles. The molecule has 164 valence electrons. The van der Waals surface area contributed by atoms with Crippen molar-refractivity contribution in [3.8, 4) is 28.0 Å². The van der Waals surface area contributed by atoms with Crippen LogP contribution in [0, 0.1) is 11.6 Å². The van der Waals surface area contributed by atoms with E-state index in [-0.39, 0.29) is 28.7 Å². The number of aryl methyl sites for hydroxylation is 1. The lowest BCUT2D eigenvalue weighted by molar-refractivity contribution is -0.137. The molecular formula is C25H23F5O. The summed E-state index contributed by atoms with van der Waals surface area (Å²) in [5.41, 5.74) is 1.27. The van der Waals surface area contributed by atoms with Gasteiger partial charge in [-0.3, -0.25) is 0 Å². The van der Waals surface area contributed by atoms with Crippen LogP contribution in [-0.4, -0.2) is 5.11 Å². The predicted octanol–water partition coefficient (Wildman–Crippen LogP) is 7.93. The van der Waals surface area contributed by atoms with Gasteiger partial charge in [0.15, 0.2) is 11.6 Å². The van der Waals surface area contributed by atoms with E-state index in [1.54, 1.807) is 19.1 Å². The van der Waals surface area contributed by atoms with E-state index in [1.807, 2.05) is 12.1 Å². The SMILES string of the molecule is CCCCc1ccc(-c2c(CC)c(F)c(F)c(O)c2-c2ccc(C(F)(F)F)cc2)cc1. The molecule has 1 nitrogen and oxygen atoms in total. The molecule has 6 heteroatoms. The van der Waals surface area contributed by atoms with Crippen molar-refractivity contribution in [1.82, 2.24) is 0 Å². The first-order chi connectivity index (χ1) is 14.7. The van der Waals surface area contributed by atoms with Gasteiger partial charge in [-0.1, -0.05) is 56.7 Å². The second-order valence-corrected chi connectivity index (χ2v) is 7.43. The fourth-order valence-corrected chi connectivity index (χ4v) is 3.70. The van der Waals surface area contributed by atoms with Crippen molar-refractivity contribution in [2.75, 3.05) is 0 Å². The molecule has 0 heterocycles. The Morgan fingerprint density at radius 2 is 1.32 bits per heavy atom. The summed E-state index contributed by atoms with van der Waals surface area (Å²) in [7, 11) is 0. The molecule has 0 atom stereocenters. The van der Waals surface area contributed by atoms with Gasteiger partial charge < -0.3 is 5.11 Å². The van der Waals surface area contributed by atoms with Crippen LogP contribution in [0.1, 0.15) is 43.4 Å². The van der Waals surface area contributed by atoms with Gasteiger partial charge in [0, 0.05) is 5.56 Å². The van der Waals surface area contributed by atoms with E-state index in [2.05, 4.69) is 6.92 Å². The molecule has 0 amide bonds. The maximum atomic E-state index is 14.7. The van der Waals surface area contributed by atoms with Crippen molar-refractivity contribution >= 4 is 0 Å². The molecule has 0 aromatic heterocycles. The summed E-state index contributed by atoms with van der Waals surface area (Å²) < 4.78 is 68.0. The smallest absolute Gasteiger partial charge is 0.416 e. The van der Waals surface area contributed by atoms with Crippen LogP contribution in [0.15, 0.2) is 48.5 Å². The minimum absolute atomic E-state index is 0.0224. The fraction of sp³-hybridized carbons (Fsp3) is 0.280. The second-order valence-electron chi connectivity index (χ2n) is 7.43.